The highest BCUT2D eigenvalue weighted by Gasteiger charge is 2.26. The molecular formula is C47H30N2O2. The van der Waals surface area contributed by atoms with Gasteiger partial charge in [0.05, 0.1) is 0 Å². The Hall–Kier alpha value is -6.91. The Bertz CT molecular complexity index is 2840. The molecule has 0 aliphatic rings. The van der Waals surface area contributed by atoms with Gasteiger partial charge < -0.3 is 13.7 Å². The van der Waals surface area contributed by atoms with Crippen LogP contribution in [0.1, 0.15) is 0 Å². The molecule has 51 heavy (non-hydrogen) atoms. The predicted octanol–water partition coefficient (Wildman–Crippen LogP) is 13.4. The molecule has 0 saturated heterocycles. The maximum atomic E-state index is 6.73. The highest BCUT2D eigenvalue weighted by Crippen LogP contribution is 2.47. The number of para-hydroxylation sites is 1. The first-order chi connectivity index (χ1) is 25.3. The lowest BCUT2D eigenvalue weighted by Gasteiger charge is -2.26. The molecular weight excluding hydrogens is 625 g/mol. The van der Waals surface area contributed by atoms with Gasteiger partial charge in [0.1, 0.15) is 16.8 Å². The molecule has 0 fully saturated rings. The molecule has 240 valence electrons. The van der Waals surface area contributed by atoms with E-state index in [1.165, 1.54) is 21.9 Å². The molecule has 0 saturated carbocycles. The van der Waals surface area contributed by atoms with Crippen molar-refractivity contribution < 1.29 is 8.83 Å². The summed E-state index contributed by atoms with van der Waals surface area (Å²) in [6.45, 7) is 0. The normalized spacial score (nSPS) is 11.5. The average Bonchev–Trinajstić information content (AvgIpc) is 3.81. The van der Waals surface area contributed by atoms with Crippen LogP contribution >= 0.6 is 0 Å². The third kappa shape index (κ3) is 5.04. The maximum Gasteiger partial charge on any atom is 0.227 e. The highest BCUT2D eigenvalue weighted by atomic mass is 16.4. The van der Waals surface area contributed by atoms with Crippen LogP contribution in [0.2, 0.25) is 0 Å². The van der Waals surface area contributed by atoms with Crippen molar-refractivity contribution in [3.63, 3.8) is 0 Å². The first-order valence-corrected chi connectivity index (χ1v) is 17.1. The van der Waals surface area contributed by atoms with E-state index in [2.05, 4.69) is 132 Å². The van der Waals surface area contributed by atoms with Crippen LogP contribution < -0.4 is 4.90 Å². The molecule has 0 spiro atoms. The summed E-state index contributed by atoms with van der Waals surface area (Å²) in [4.78, 5) is 7.29. The van der Waals surface area contributed by atoms with Crippen LogP contribution in [0.3, 0.4) is 0 Å². The van der Waals surface area contributed by atoms with E-state index >= 15 is 0 Å². The molecule has 0 aliphatic carbocycles. The van der Waals surface area contributed by atoms with Crippen LogP contribution in [0, 0.1) is 0 Å². The lowest BCUT2D eigenvalue weighted by molar-refractivity contribution is 0.618. The number of oxazole rings is 1. The number of rotatable bonds is 6. The van der Waals surface area contributed by atoms with Gasteiger partial charge in [-0.05, 0) is 87.6 Å². The summed E-state index contributed by atoms with van der Waals surface area (Å²) < 4.78 is 13.5. The number of furan rings is 1. The predicted molar refractivity (Wildman–Crippen MR) is 210 cm³/mol. The van der Waals surface area contributed by atoms with Crippen molar-refractivity contribution in [3.8, 4) is 33.7 Å². The van der Waals surface area contributed by atoms with E-state index in [1.807, 2.05) is 54.6 Å². The molecule has 10 aromatic rings. The van der Waals surface area contributed by atoms with E-state index in [4.69, 9.17) is 13.8 Å². The molecule has 0 atom stereocenters. The molecule has 4 heteroatoms. The quantitative estimate of drug-likeness (QED) is 0.179. The molecule has 0 radical (unpaired) electrons. The second-order valence-corrected chi connectivity index (χ2v) is 12.8. The molecule has 4 nitrogen and oxygen atoms in total. The van der Waals surface area contributed by atoms with E-state index in [-0.39, 0.29) is 0 Å². The first kappa shape index (κ1) is 29.0. The zero-order valence-corrected chi connectivity index (χ0v) is 27.5. The molecule has 8 aromatic carbocycles. The van der Waals surface area contributed by atoms with Crippen molar-refractivity contribution in [3.05, 3.63) is 182 Å². The van der Waals surface area contributed by atoms with Gasteiger partial charge in [-0.1, -0.05) is 127 Å². The van der Waals surface area contributed by atoms with E-state index in [0.717, 1.165) is 61.2 Å². The minimum atomic E-state index is 0.565. The topological polar surface area (TPSA) is 42.4 Å². The van der Waals surface area contributed by atoms with Gasteiger partial charge in [0.25, 0.3) is 0 Å². The average molecular weight is 655 g/mol. The SMILES string of the molecule is c1ccc(-c2ccc(N(c3ccc(-c4ccc5ccccc5c4)cc3)c3c4oc(-c5ccccc5)nc4cc4c3oc3ccccc34)cc2)cc1. The Balaban J connectivity index is 1.21. The Morgan fingerprint density at radius 1 is 0.392 bits per heavy atom. The van der Waals surface area contributed by atoms with Crippen LogP contribution in [-0.2, 0) is 0 Å². The van der Waals surface area contributed by atoms with Gasteiger partial charge in [-0.3, -0.25) is 0 Å². The van der Waals surface area contributed by atoms with E-state index < -0.39 is 0 Å². The first-order valence-electron chi connectivity index (χ1n) is 17.1. The summed E-state index contributed by atoms with van der Waals surface area (Å²) >= 11 is 0. The van der Waals surface area contributed by atoms with Gasteiger partial charge in [-0.2, -0.15) is 0 Å². The van der Waals surface area contributed by atoms with Crippen LogP contribution in [0.5, 0.6) is 0 Å². The monoisotopic (exact) mass is 654 g/mol. The summed E-state index contributed by atoms with van der Waals surface area (Å²) in [7, 11) is 0. The van der Waals surface area contributed by atoms with Gasteiger partial charge in [0.15, 0.2) is 11.2 Å². The van der Waals surface area contributed by atoms with Gasteiger partial charge in [-0.25, -0.2) is 4.98 Å². The Labute approximate surface area is 294 Å². The Kier molecular flexibility index (Phi) is 6.78. The molecule has 2 aromatic heterocycles. The summed E-state index contributed by atoms with van der Waals surface area (Å²) in [5, 5.41) is 4.47. The number of aromatic nitrogens is 1. The second kappa shape index (κ2) is 11.9. The van der Waals surface area contributed by atoms with Crippen LogP contribution in [-0.4, -0.2) is 4.98 Å². The van der Waals surface area contributed by atoms with E-state index in [0.29, 0.717) is 11.5 Å². The molecule has 0 amide bonds. The van der Waals surface area contributed by atoms with Crippen molar-refractivity contribution in [2.75, 3.05) is 4.90 Å². The summed E-state index contributed by atoms with van der Waals surface area (Å²) in [5.41, 5.74) is 11.3. The van der Waals surface area contributed by atoms with Gasteiger partial charge in [0, 0.05) is 27.7 Å². The minimum absolute atomic E-state index is 0.565. The molecule has 0 N–H and O–H groups in total. The van der Waals surface area contributed by atoms with Gasteiger partial charge >= 0.3 is 0 Å². The lowest BCUT2D eigenvalue weighted by atomic mass is 10.0. The fourth-order valence-corrected chi connectivity index (χ4v) is 7.14. The van der Waals surface area contributed by atoms with Gasteiger partial charge in [-0.15, -0.1) is 0 Å². The maximum absolute atomic E-state index is 6.73. The van der Waals surface area contributed by atoms with Gasteiger partial charge in [0.2, 0.25) is 5.89 Å². The Morgan fingerprint density at radius 3 is 1.69 bits per heavy atom. The zero-order chi connectivity index (χ0) is 33.7. The van der Waals surface area contributed by atoms with Crippen molar-refractivity contribution in [2.45, 2.75) is 0 Å². The molecule has 0 unspecified atom stereocenters. The fraction of sp³-hybridized carbons (Fsp3) is 0. The minimum Gasteiger partial charge on any atom is -0.454 e. The van der Waals surface area contributed by atoms with Crippen LogP contribution in [0.4, 0.5) is 17.1 Å². The van der Waals surface area contributed by atoms with Crippen LogP contribution in [0.25, 0.3) is 77.5 Å². The second-order valence-electron chi connectivity index (χ2n) is 12.8. The summed E-state index contributed by atoms with van der Waals surface area (Å²) in [5.74, 6) is 0.565. The van der Waals surface area contributed by atoms with Crippen molar-refractivity contribution in [1.82, 2.24) is 4.98 Å². The van der Waals surface area contributed by atoms with E-state index in [1.54, 1.807) is 0 Å². The standard InChI is InChI=1S/C47H30N2O2/c1-3-11-31(12-4-1)33-21-25-38(26-22-33)49(39-27-23-34(24-28-39)37-20-19-32-13-7-8-16-36(32)29-37)44-45-41(40-17-9-10-18-43(40)50-45)30-42-46(44)51-47(48-42)35-14-5-2-6-15-35/h1-30H. The largest absolute Gasteiger partial charge is 0.454 e. The lowest BCUT2D eigenvalue weighted by Crippen LogP contribution is -2.10. The molecule has 0 aliphatic heterocycles. The number of nitrogens with zero attached hydrogens (tertiary/aromatic N) is 2. The third-order valence-corrected chi connectivity index (χ3v) is 9.68. The summed E-state index contributed by atoms with van der Waals surface area (Å²) in [6.07, 6.45) is 0. The Morgan fingerprint density at radius 2 is 0.961 bits per heavy atom. The molecule has 0 bridgehead atoms. The third-order valence-electron chi connectivity index (χ3n) is 9.68. The summed E-state index contributed by atoms with van der Waals surface area (Å²) in [6, 6.07) is 63.3. The zero-order valence-electron chi connectivity index (χ0n) is 27.5. The highest BCUT2D eigenvalue weighted by molar-refractivity contribution is 6.17. The number of hydrogen-bond acceptors (Lipinski definition) is 4. The van der Waals surface area contributed by atoms with Crippen molar-refractivity contribution >= 4 is 60.9 Å². The number of hydrogen-bond donors (Lipinski definition) is 0. The number of benzene rings is 8. The van der Waals surface area contributed by atoms with Crippen LogP contribution in [0.15, 0.2) is 191 Å². The molecule has 10 rings (SSSR count). The smallest absolute Gasteiger partial charge is 0.227 e. The van der Waals surface area contributed by atoms with E-state index in [9.17, 15) is 0 Å². The number of fused-ring (bicyclic) bond motifs is 5. The molecule has 2 heterocycles. The van der Waals surface area contributed by atoms with Crippen molar-refractivity contribution in [2.24, 2.45) is 0 Å². The number of anilines is 3. The van der Waals surface area contributed by atoms with Crippen molar-refractivity contribution in [1.29, 1.82) is 0 Å². The fourth-order valence-electron chi connectivity index (χ4n) is 7.14.